The van der Waals surface area contributed by atoms with Gasteiger partial charge in [-0.05, 0) is 22.9 Å². The van der Waals surface area contributed by atoms with Gasteiger partial charge >= 0.3 is 0 Å². The number of benzene rings is 2. The second-order valence-electron chi connectivity index (χ2n) is 3.60. The van der Waals surface area contributed by atoms with Gasteiger partial charge in [0.25, 0.3) is 0 Å². The van der Waals surface area contributed by atoms with Crippen molar-refractivity contribution in [2.75, 3.05) is 12.4 Å². The third-order valence-corrected chi connectivity index (χ3v) is 2.45. The van der Waals surface area contributed by atoms with Crippen molar-refractivity contribution >= 4 is 28.2 Å². The molecule has 0 bridgehead atoms. The summed E-state index contributed by atoms with van der Waals surface area (Å²) in [6.45, 7) is 0. The van der Waals surface area contributed by atoms with Gasteiger partial charge in [0.1, 0.15) is 0 Å². The average molecular weight is 227 g/mol. The summed E-state index contributed by atoms with van der Waals surface area (Å²) in [5.41, 5.74) is 0.774. The molecule has 17 heavy (non-hydrogen) atoms. The number of amidine groups is 1. The van der Waals surface area contributed by atoms with Crippen LogP contribution in [0.25, 0.3) is 10.8 Å². The minimum absolute atomic E-state index is 0.0530. The molecular formula is C13H13N3O. The fraction of sp³-hybridized carbons (Fsp3) is 0.0769. The lowest BCUT2D eigenvalue weighted by Gasteiger charge is -2.08. The standard InChI is InChI=1S/C13H13N3O/c1-17-13(15)12(14)16-11-7-6-9-4-2-3-5-10(9)8-11/h2-8,15H,1H3,(H2,14,16). The van der Waals surface area contributed by atoms with Gasteiger partial charge < -0.3 is 10.1 Å². The second kappa shape index (κ2) is 4.65. The van der Waals surface area contributed by atoms with E-state index in [4.69, 9.17) is 10.8 Å². The summed E-state index contributed by atoms with van der Waals surface area (Å²) in [5, 5.41) is 20.0. The van der Waals surface area contributed by atoms with Crippen molar-refractivity contribution in [3.63, 3.8) is 0 Å². The minimum atomic E-state index is -0.182. The van der Waals surface area contributed by atoms with Crippen LogP contribution in [-0.2, 0) is 4.74 Å². The summed E-state index contributed by atoms with van der Waals surface area (Å²) >= 11 is 0. The topological polar surface area (TPSA) is 69.0 Å². The maximum absolute atomic E-state index is 7.58. The van der Waals surface area contributed by atoms with Crippen LogP contribution >= 0.6 is 0 Å². The van der Waals surface area contributed by atoms with Gasteiger partial charge in [-0.25, -0.2) is 0 Å². The van der Waals surface area contributed by atoms with Gasteiger partial charge in [0.2, 0.25) is 5.90 Å². The molecule has 0 fully saturated rings. The summed E-state index contributed by atoms with van der Waals surface area (Å²) in [7, 11) is 1.37. The van der Waals surface area contributed by atoms with Crippen molar-refractivity contribution < 1.29 is 4.74 Å². The number of hydrogen-bond acceptors (Lipinski definition) is 3. The highest BCUT2D eigenvalue weighted by Crippen LogP contribution is 2.18. The molecule has 0 unspecified atom stereocenters. The highest BCUT2D eigenvalue weighted by atomic mass is 16.5. The summed E-state index contributed by atoms with van der Waals surface area (Å²) in [5.74, 6) is -0.235. The lowest BCUT2D eigenvalue weighted by atomic mass is 10.1. The summed E-state index contributed by atoms with van der Waals surface area (Å²) in [6.07, 6.45) is 0. The lowest BCUT2D eigenvalue weighted by molar-refractivity contribution is 0.407. The highest BCUT2D eigenvalue weighted by molar-refractivity contribution is 6.40. The van der Waals surface area contributed by atoms with E-state index in [0.29, 0.717) is 0 Å². The van der Waals surface area contributed by atoms with E-state index in [1.165, 1.54) is 7.11 Å². The van der Waals surface area contributed by atoms with Crippen molar-refractivity contribution in [3.05, 3.63) is 42.5 Å². The zero-order valence-electron chi connectivity index (χ0n) is 9.45. The predicted molar refractivity (Wildman–Crippen MR) is 70.0 cm³/mol. The van der Waals surface area contributed by atoms with E-state index in [1.54, 1.807) is 0 Å². The predicted octanol–water partition coefficient (Wildman–Crippen LogP) is 2.85. The van der Waals surface area contributed by atoms with E-state index < -0.39 is 0 Å². The molecular weight excluding hydrogens is 214 g/mol. The van der Waals surface area contributed by atoms with Crippen LogP contribution in [-0.4, -0.2) is 18.8 Å². The molecule has 86 valence electrons. The molecule has 2 rings (SSSR count). The van der Waals surface area contributed by atoms with Crippen LogP contribution in [0.3, 0.4) is 0 Å². The average Bonchev–Trinajstić information content (AvgIpc) is 2.37. The molecule has 0 aromatic heterocycles. The molecule has 4 nitrogen and oxygen atoms in total. The van der Waals surface area contributed by atoms with E-state index in [9.17, 15) is 0 Å². The number of methoxy groups -OCH3 is 1. The Morgan fingerprint density at radius 3 is 2.47 bits per heavy atom. The van der Waals surface area contributed by atoms with E-state index in [1.807, 2.05) is 42.5 Å². The quantitative estimate of drug-likeness (QED) is 0.518. The van der Waals surface area contributed by atoms with Gasteiger partial charge in [0.15, 0.2) is 5.84 Å². The molecule has 0 aliphatic carbocycles. The van der Waals surface area contributed by atoms with E-state index in [2.05, 4.69) is 10.1 Å². The van der Waals surface area contributed by atoms with Gasteiger partial charge in [-0.1, -0.05) is 30.3 Å². The molecule has 3 N–H and O–H groups in total. The van der Waals surface area contributed by atoms with Crippen molar-refractivity contribution in [2.45, 2.75) is 0 Å². The van der Waals surface area contributed by atoms with Crippen molar-refractivity contribution in [1.29, 1.82) is 10.8 Å². The van der Waals surface area contributed by atoms with Crippen LogP contribution in [0.15, 0.2) is 42.5 Å². The fourth-order valence-corrected chi connectivity index (χ4v) is 1.57. The van der Waals surface area contributed by atoms with Gasteiger partial charge in [-0.15, -0.1) is 0 Å². The molecule has 0 amide bonds. The van der Waals surface area contributed by atoms with Crippen LogP contribution in [0, 0.1) is 10.8 Å². The maximum atomic E-state index is 7.58. The highest BCUT2D eigenvalue weighted by Gasteiger charge is 2.05. The van der Waals surface area contributed by atoms with E-state index in [-0.39, 0.29) is 11.7 Å². The first-order valence-corrected chi connectivity index (χ1v) is 5.18. The van der Waals surface area contributed by atoms with E-state index in [0.717, 1.165) is 16.5 Å². The van der Waals surface area contributed by atoms with Crippen LogP contribution < -0.4 is 5.32 Å². The Morgan fingerprint density at radius 2 is 1.76 bits per heavy atom. The largest absolute Gasteiger partial charge is 0.479 e. The molecule has 2 aromatic rings. The Balaban J connectivity index is 2.25. The van der Waals surface area contributed by atoms with Gasteiger partial charge in [-0.3, -0.25) is 10.8 Å². The van der Waals surface area contributed by atoms with Gasteiger partial charge in [-0.2, -0.15) is 0 Å². The van der Waals surface area contributed by atoms with Crippen molar-refractivity contribution in [1.82, 2.24) is 0 Å². The Bertz CT molecular complexity index is 578. The number of anilines is 1. The first kappa shape index (κ1) is 11.1. The minimum Gasteiger partial charge on any atom is -0.479 e. The van der Waals surface area contributed by atoms with Crippen LogP contribution in [0.1, 0.15) is 0 Å². The Hall–Kier alpha value is -2.36. The number of hydrogen-bond donors (Lipinski definition) is 3. The normalized spacial score (nSPS) is 9.94. The second-order valence-corrected chi connectivity index (χ2v) is 3.60. The number of rotatable bonds is 1. The van der Waals surface area contributed by atoms with Gasteiger partial charge in [0.05, 0.1) is 7.11 Å². The van der Waals surface area contributed by atoms with E-state index >= 15 is 0 Å². The SMILES string of the molecule is COC(=N)C(=N)Nc1ccc2ccccc2c1. The van der Waals surface area contributed by atoms with Crippen LogP contribution in [0.2, 0.25) is 0 Å². The van der Waals surface area contributed by atoms with Crippen LogP contribution in [0.5, 0.6) is 0 Å². The van der Waals surface area contributed by atoms with Crippen molar-refractivity contribution in [3.8, 4) is 0 Å². The monoisotopic (exact) mass is 227 g/mol. The Morgan fingerprint density at radius 1 is 1.06 bits per heavy atom. The maximum Gasteiger partial charge on any atom is 0.249 e. The molecule has 0 heterocycles. The summed E-state index contributed by atoms with van der Waals surface area (Å²) < 4.78 is 4.67. The molecule has 0 saturated heterocycles. The smallest absolute Gasteiger partial charge is 0.249 e. The molecule has 2 aromatic carbocycles. The fourth-order valence-electron chi connectivity index (χ4n) is 1.57. The molecule has 0 atom stereocenters. The Kier molecular flexibility index (Phi) is 3.05. The summed E-state index contributed by atoms with van der Waals surface area (Å²) in [6, 6.07) is 13.8. The lowest BCUT2D eigenvalue weighted by Crippen LogP contribution is -2.22. The molecule has 0 radical (unpaired) electrons. The zero-order chi connectivity index (χ0) is 12.3. The first-order valence-electron chi connectivity index (χ1n) is 5.18. The molecule has 0 aliphatic heterocycles. The third kappa shape index (κ3) is 2.42. The molecule has 0 spiro atoms. The number of ether oxygens (including phenoxy) is 1. The summed E-state index contributed by atoms with van der Waals surface area (Å²) in [4.78, 5) is 0. The third-order valence-electron chi connectivity index (χ3n) is 2.45. The van der Waals surface area contributed by atoms with Gasteiger partial charge in [0, 0.05) is 5.69 Å². The number of fused-ring (bicyclic) bond motifs is 1. The molecule has 0 aliphatic rings. The van der Waals surface area contributed by atoms with Crippen LogP contribution in [0.4, 0.5) is 5.69 Å². The molecule has 4 heteroatoms. The first-order chi connectivity index (χ1) is 8.20. The Labute approximate surface area is 99.2 Å². The number of nitrogens with one attached hydrogen (secondary N) is 3. The zero-order valence-corrected chi connectivity index (χ0v) is 9.45. The van der Waals surface area contributed by atoms with Crippen molar-refractivity contribution in [2.24, 2.45) is 0 Å². The molecule has 0 saturated carbocycles.